The van der Waals surface area contributed by atoms with Crippen LogP contribution < -0.4 is 10.5 Å². The minimum Gasteiger partial charge on any atom is -0.457 e. The number of anilines is 1. The van der Waals surface area contributed by atoms with Gasteiger partial charge in [-0.05, 0) is 42.8 Å². The molecule has 0 atom stereocenters. The first kappa shape index (κ1) is 11.0. The summed E-state index contributed by atoms with van der Waals surface area (Å²) in [6, 6.07) is 13.3. The maximum atomic E-state index is 5.69. The molecule has 3 heteroatoms. The van der Waals surface area contributed by atoms with E-state index in [0.29, 0.717) is 5.69 Å². The van der Waals surface area contributed by atoms with Gasteiger partial charge in [0, 0.05) is 16.2 Å². The molecule has 2 aromatic carbocycles. The Morgan fingerprint density at radius 3 is 2.50 bits per heavy atom. The van der Waals surface area contributed by atoms with E-state index in [1.54, 1.807) is 6.07 Å². The molecule has 0 spiro atoms. The van der Waals surface area contributed by atoms with Crippen LogP contribution in [0.2, 0.25) is 0 Å². The van der Waals surface area contributed by atoms with Crippen molar-refractivity contribution in [3.63, 3.8) is 0 Å². The number of nitrogen functional groups attached to an aromatic ring is 1. The van der Waals surface area contributed by atoms with Gasteiger partial charge in [0.25, 0.3) is 0 Å². The largest absolute Gasteiger partial charge is 0.457 e. The lowest BCUT2D eigenvalue weighted by molar-refractivity contribution is 0.482. The lowest BCUT2D eigenvalue weighted by Gasteiger charge is -2.07. The predicted octanol–water partition coefficient (Wildman–Crippen LogP) is 4.13. The van der Waals surface area contributed by atoms with Gasteiger partial charge in [0.05, 0.1) is 0 Å². The highest BCUT2D eigenvalue weighted by Gasteiger charge is 2.00. The zero-order valence-corrected chi connectivity index (χ0v) is 10.5. The molecule has 2 rings (SSSR count). The van der Waals surface area contributed by atoms with Crippen LogP contribution in [0.25, 0.3) is 0 Å². The molecule has 2 aromatic rings. The Hall–Kier alpha value is -1.48. The first-order valence-corrected chi connectivity index (χ1v) is 5.74. The first-order chi connectivity index (χ1) is 7.65. The number of rotatable bonds is 2. The van der Waals surface area contributed by atoms with Crippen molar-refractivity contribution in [3.05, 3.63) is 52.5 Å². The van der Waals surface area contributed by atoms with E-state index in [9.17, 15) is 0 Å². The van der Waals surface area contributed by atoms with Crippen molar-refractivity contribution in [2.45, 2.75) is 6.92 Å². The van der Waals surface area contributed by atoms with Crippen LogP contribution in [-0.2, 0) is 0 Å². The van der Waals surface area contributed by atoms with Crippen molar-refractivity contribution in [3.8, 4) is 11.5 Å². The second kappa shape index (κ2) is 4.58. The highest BCUT2D eigenvalue weighted by Crippen LogP contribution is 2.26. The molecule has 16 heavy (non-hydrogen) atoms. The minimum absolute atomic E-state index is 0.700. The summed E-state index contributed by atoms with van der Waals surface area (Å²) in [6.07, 6.45) is 0. The van der Waals surface area contributed by atoms with Crippen molar-refractivity contribution in [2.24, 2.45) is 0 Å². The van der Waals surface area contributed by atoms with Crippen molar-refractivity contribution in [2.75, 3.05) is 5.73 Å². The van der Waals surface area contributed by atoms with Gasteiger partial charge in [0.15, 0.2) is 0 Å². The molecular weight excluding hydrogens is 266 g/mol. The Kier molecular flexibility index (Phi) is 3.15. The molecule has 0 aliphatic rings. The highest BCUT2D eigenvalue weighted by molar-refractivity contribution is 9.10. The van der Waals surface area contributed by atoms with Crippen LogP contribution in [0.3, 0.4) is 0 Å². The molecule has 2 N–H and O–H groups in total. The van der Waals surface area contributed by atoms with Crippen LogP contribution in [0.15, 0.2) is 46.9 Å². The average Bonchev–Trinajstić information content (AvgIpc) is 2.24. The van der Waals surface area contributed by atoms with Crippen LogP contribution in [-0.4, -0.2) is 0 Å². The maximum absolute atomic E-state index is 5.69. The zero-order valence-electron chi connectivity index (χ0n) is 8.91. The Morgan fingerprint density at radius 2 is 1.81 bits per heavy atom. The van der Waals surface area contributed by atoms with E-state index in [2.05, 4.69) is 15.9 Å². The smallest absolute Gasteiger partial charge is 0.129 e. The lowest BCUT2D eigenvalue weighted by atomic mass is 10.2. The molecule has 0 aliphatic carbocycles. The number of halogens is 1. The number of aryl methyl sites for hydroxylation is 1. The summed E-state index contributed by atoms with van der Waals surface area (Å²) in [5, 5.41) is 0. The summed E-state index contributed by atoms with van der Waals surface area (Å²) < 4.78 is 6.77. The van der Waals surface area contributed by atoms with E-state index in [-0.39, 0.29) is 0 Å². The van der Waals surface area contributed by atoms with Crippen LogP contribution in [0.4, 0.5) is 5.69 Å². The van der Waals surface area contributed by atoms with Gasteiger partial charge in [-0.3, -0.25) is 0 Å². The van der Waals surface area contributed by atoms with Gasteiger partial charge >= 0.3 is 0 Å². The topological polar surface area (TPSA) is 35.2 Å². The van der Waals surface area contributed by atoms with Crippen LogP contribution in [0.5, 0.6) is 11.5 Å². The molecular formula is C13H12BrNO. The third-order valence-corrected chi connectivity index (χ3v) is 3.11. The fraction of sp³-hybridized carbons (Fsp3) is 0.0769. The third-order valence-electron chi connectivity index (χ3n) is 2.22. The molecule has 0 saturated heterocycles. The lowest BCUT2D eigenvalue weighted by Crippen LogP contribution is -1.88. The average molecular weight is 278 g/mol. The summed E-state index contributed by atoms with van der Waals surface area (Å²) in [5.74, 6) is 1.56. The number of benzene rings is 2. The van der Waals surface area contributed by atoms with E-state index in [4.69, 9.17) is 10.5 Å². The molecule has 0 aromatic heterocycles. The second-order valence-corrected chi connectivity index (χ2v) is 4.44. The van der Waals surface area contributed by atoms with Gasteiger partial charge in [-0.25, -0.2) is 0 Å². The van der Waals surface area contributed by atoms with Crippen molar-refractivity contribution in [1.82, 2.24) is 0 Å². The monoisotopic (exact) mass is 277 g/mol. The summed E-state index contributed by atoms with van der Waals surface area (Å²) in [4.78, 5) is 0. The van der Waals surface area contributed by atoms with Gasteiger partial charge in [0.1, 0.15) is 11.5 Å². The summed E-state index contributed by atoms with van der Waals surface area (Å²) in [6.45, 7) is 2.02. The first-order valence-electron chi connectivity index (χ1n) is 4.95. The van der Waals surface area contributed by atoms with Gasteiger partial charge in [0.2, 0.25) is 0 Å². The van der Waals surface area contributed by atoms with Gasteiger partial charge in [-0.2, -0.15) is 0 Å². The minimum atomic E-state index is 0.700. The molecule has 0 fully saturated rings. The molecule has 0 heterocycles. The van der Waals surface area contributed by atoms with E-state index >= 15 is 0 Å². The molecule has 0 unspecified atom stereocenters. The van der Waals surface area contributed by atoms with Crippen LogP contribution in [0, 0.1) is 6.92 Å². The van der Waals surface area contributed by atoms with E-state index in [1.807, 2.05) is 43.3 Å². The van der Waals surface area contributed by atoms with Crippen molar-refractivity contribution < 1.29 is 4.74 Å². The van der Waals surface area contributed by atoms with Gasteiger partial charge in [-0.15, -0.1) is 0 Å². The number of ether oxygens (including phenoxy) is 1. The number of nitrogens with two attached hydrogens (primary N) is 1. The Morgan fingerprint density at radius 1 is 1.06 bits per heavy atom. The maximum Gasteiger partial charge on any atom is 0.129 e. The fourth-order valence-electron chi connectivity index (χ4n) is 1.39. The quantitative estimate of drug-likeness (QED) is 0.838. The summed E-state index contributed by atoms with van der Waals surface area (Å²) >= 11 is 3.45. The highest BCUT2D eigenvalue weighted by atomic mass is 79.9. The van der Waals surface area contributed by atoms with Crippen LogP contribution in [0.1, 0.15) is 5.56 Å². The molecule has 2 nitrogen and oxygen atoms in total. The van der Waals surface area contributed by atoms with Gasteiger partial charge in [-0.1, -0.05) is 22.0 Å². The third kappa shape index (κ3) is 2.55. The Labute approximate surface area is 103 Å². The summed E-state index contributed by atoms with van der Waals surface area (Å²) in [7, 11) is 0. The summed E-state index contributed by atoms with van der Waals surface area (Å²) in [5.41, 5.74) is 7.52. The zero-order chi connectivity index (χ0) is 11.5. The van der Waals surface area contributed by atoms with E-state index < -0.39 is 0 Å². The second-order valence-electron chi connectivity index (χ2n) is 3.59. The SMILES string of the molecule is Cc1cc(Oc2cccc(N)c2)ccc1Br. The van der Waals surface area contributed by atoms with Crippen LogP contribution >= 0.6 is 15.9 Å². The standard InChI is InChI=1S/C13H12BrNO/c1-9-7-12(5-6-13(9)14)16-11-4-2-3-10(15)8-11/h2-8H,15H2,1H3. The Balaban J connectivity index is 2.24. The van der Waals surface area contributed by atoms with Crippen molar-refractivity contribution in [1.29, 1.82) is 0 Å². The molecule has 0 radical (unpaired) electrons. The molecule has 0 aliphatic heterocycles. The van der Waals surface area contributed by atoms with E-state index in [1.165, 1.54) is 0 Å². The molecule has 82 valence electrons. The van der Waals surface area contributed by atoms with Gasteiger partial charge < -0.3 is 10.5 Å². The number of hydrogen-bond donors (Lipinski definition) is 1. The molecule has 0 amide bonds. The Bertz CT molecular complexity index is 511. The molecule has 0 bridgehead atoms. The van der Waals surface area contributed by atoms with E-state index in [0.717, 1.165) is 21.5 Å². The number of hydrogen-bond acceptors (Lipinski definition) is 2. The molecule has 0 saturated carbocycles. The predicted molar refractivity (Wildman–Crippen MR) is 69.8 cm³/mol. The van der Waals surface area contributed by atoms with Crippen molar-refractivity contribution >= 4 is 21.6 Å². The normalized spacial score (nSPS) is 10.1. The fourth-order valence-corrected chi connectivity index (χ4v) is 1.64.